The second kappa shape index (κ2) is 17.1. The Bertz CT molecular complexity index is 1770. The number of urea groups is 1. The molecule has 8 nitrogen and oxygen atoms in total. The quantitative estimate of drug-likeness (QED) is 0.0931. The summed E-state index contributed by atoms with van der Waals surface area (Å²) in [4.78, 5) is 12.6. The fourth-order valence-corrected chi connectivity index (χ4v) is 6.36. The maximum Gasteiger partial charge on any atom is 0.319 e. The predicted octanol–water partition coefficient (Wildman–Crippen LogP) is 8.23. The van der Waals surface area contributed by atoms with Gasteiger partial charge in [-0.2, -0.15) is 11.8 Å². The molecule has 2 amide bonds. The fraction of sp³-hybridized carbons (Fsp3) is 0.225. The summed E-state index contributed by atoms with van der Waals surface area (Å²) in [7, 11) is 0. The van der Waals surface area contributed by atoms with E-state index in [1.807, 2.05) is 97.1 Å². The number of anilines is 1. The van der Waals surface area contributed by atoms with Crippen LogP contribution in [0.4, 0.5) is 10.5 Å². The van der Waals surface area contributed by atoms with E-state index in [0.29, 0.717) is 30.2 Å². The molecule has 5 aromatic rings. The van der Waals surface area contributed by atoms with Crippen LogP contribution >= 0.6 is 11.8 Å². The molecule has 0 saturated carbocycles. The summed E-state index contributed by atoms with van der Waals surface area (Å²) in [6.07, 6.45) is -0.0146. The van der Waals surface area contributed by atoms with Gasteiger partial charge in [-0.3, -0.25) is 0 Å². The molecule has 0 aromatic heterocycles. The molecule has 0 bridgehead atoms. The Labute approximate surface area is 291 Å². The minimum absolute atomic E-state index is 0.000668. The standard InChI is InChI=1S/C40H40N2O6S/c43-21-22-49-27-37-24-38(31-11-9-28(26-44)10-12-31)48-39(47-37)32-15-13-30(14-16-32)33-6-4-5-29(23-33)25-41-40(45)42-34-17-19-36(20-18-34)46-35-7-2-1-3-8-35/h1-20,23,37-39,43-44H,21-22,24-27H2,(H2,41,42,45)/t37-,38+,39+/m0/s1. The molecule has 0 unspecified atom stereocenters. The third kappa shape index (κ3) is 9.72. The van der Waals surface area contributed by atoms with E-state index >= 15 is 0 Å². The molecule has 1 aliphatic heterocycles. The third-order valence-electron chi connectivity index (χ3n) is 8.14. The smallest absolute Gasteiger partial charge is 0.319 e. The van der Waals surface area contributed by atoms with Crippen LogP contribution in [0.1, 0.15) is 41.1 Å². The van der Waals surface area contributed by atoms with Crippen LogP contribution in [0.15, 0.2) is 127 Å². The van der Waals surface area contributed by atoms with Gasteiger partial charge in [-0.1, -0.05) is 84.9 Å². The Morgan fingerprint density at radius 3 is 2.22 bits per heavy atom. The zero-order valence-corrected chi connectivity index (χ0v) is 27.9. The van der Waals surface area contributed by atoms with E-state index < -0.39 is 6.29 Å². The number of nitrogens with one attached hydrogen (secondary N) is 2. The monoisotopic (exact) mass is 676 g/mol. The zero-order chi connectivity index (χ0) is 33.8. The largest absolute Gasteiger partial charge is 0.457 e. The first-order valence-corrected chi connectivity index (χ1v) is 17.5. The Balaban J connectivity index is 1.05. The average molecular weight is 677 g/mol. The van der Waals surface area contributed by atoms with Gasteiger partial charge < -0.3 is 35.1 Å². The minimum atomic E-state index is -0.535. The number of para-hydroxylation sites is 1. The molecule has 0 radical (unpaired) electrons. The second-order valence-electron chi connectivity index (χ2n) is 11.7. The number of carbonyl (C=O) groups is 1. The molecule has 1 heterocycles. The number of aliphatic hydroxyl groups excluding tert-OH is 2. The number of rotatable bonds is 13. The van der Waals surface area contributed by atoms with Crippen molar-refractivity contribution >= 4 is 23.5 Å². The summed E-state index contributed by atoms with van der Waals surface area (Å²) >= 11 is 1.67. The van der Waals surface area contributed by atoms with Crippen LogP contribution < -0.4 is 15.4 Å². The van der Waals surface area contributed by atoms with Gasteiger partial charge in [-0.05, 0) is 70.3 Å². The normalized spacial score (nSPS) is 17.3. The van der Waals surface area contributed by atoms with Crippen molar-refractivity contribution in [2.75, 3.05) is 23.4 Å². The molecule has 0 aliphatic carbocycles. The molecule has 9 heteroatoms. The van der Waals surface area contributed by atoms with Crippen molar-refractivity contribution in [3.05, 3.63) is 150 Å². The molecular weight excluding hydrogens is 637 g/mol. The summed E-state index contributed by atoms with van der Waals surface area (Å²) in [5.74, 6) is 2.86. The van der Waals surface area contributed by atoms with Gasteiger partial charge in [0.25, 0.3) is 0 Å². The van der Waals surface area contributed by atoms with Gasteiger partial charge in [0, 0.05) is 35.7 Å². The lowest BCUT2D eigenvalue weighted by atomic mass is 9.99. The van der Waals surface area contributed by atoms with Crippen molar-refractivity contribution in [3.63, 3.8) is 0 Å². The van der Waals surface area contributed by atoms with Gasteiger partial charge in [0.2, 0.25) is 0 Å². The molecular formula is C40H40N2O6S. The van der Waals surface area contributed by atoms with Crippen LogP contribution in [-0.4, -0.2) is 40.5 Å². The molecule has 4 N–H and O–H groups in total. The SMILES string of the molecule is O=C(NCc1cccc(-c2ccc([C@@H]3O[C@H](CSCCO)C[C@H](c4ccc(CO)cc4)O3)cc2)c1)Nc1ccc(Oc2ccccc2)cc1. The molecule has 3 atom stereocenters. The van der Waals surface area contributed by atoms with E-state index in [2.05, 4.69) is 28.8 Å². The highest BCUT2D eigenvalue weighted by atomic mass is 32.2. The topological polar surface area (TPSA) is 109 Å². The first-order valence-electron chi connectivity index (χ1n) is 16.3. The number of hydrogen-bond acceptors (Lipinski definition) is 7. The van der Waals surface area contributed by atoms with Crippen molar-refractivity contribution in [1.82, 2.24) is 5.32 Å². The van der Waals surface area contributed by atoms with Crippen LogP contribution in [0.25, 0.3) is 11.1 Å². The molecule has 1 saturated heterocycles. The molecule has 49 heavy (non-hydrogen) atoms. The van der Waals surface area contributed by atoms with E-state index in [0.717, 1.165) is 44.9 Å². The number of aliphatic hydroxyl groups is 2. The average Bonchev–Trinajstić information content (AvgIpc) is 3.15. The minimum Gasteiger partial charge on any atom is -0.457 e. The molecule has 0 spiro atoms. The highest BCUT2D eigenvalue weighted by Gasteiger charge is 2.32. The predicted molar refractivity (Wildman–Crippen MR) is 194 cm³/mol. The van der Waals surface area contributed by atoms with Crippen LogP contribution in [0.2, 0.25) is 0 Å². The van der Waals surface area contributed by atoms with Crippen molar-refractivity contribution in [1.29, 1.82) is 0 Å². The van der Waals surface area contributed by atoms with Gasteiger partial charge in [0.05, 0.1) is 25.4 Å². The van der Waals surface area contributed by atoms with Crippen molar-refractivity contribution in [3.8, 4) is 22.6 Å². The molecule has 252 valence electrons. The Morgan fingerprint density at radius 1 is 0.755 bits per heavy atom. The summed E-state index contributed by atoms with van der Waals surface area (Å²) < 4.78 is 18.7. The number of amides is 2. The van der Waals surface area contributed by atoms with E-state index in [4.69, 9.17) is 14.2 Å². The van der Waals surface area contributed by atoms with Gasteiger partial charge in [0.15, 0.2) is 6.29 Å². The lowest BCUT2D eigenvalue weighted by Crippen LogP contribution is -2.31. The maximum absolute atomic E-state index is 12.6. The van der Waals surface area contributed by atoms with Crippen LogP contribution in [0.5, 0.6) is 11.5 Å². The Kier molecular flexibility index (Phi) is 12.0. The van der Waals surface area contributed by atoms with Crippen LogP contribution in [0, 0.1) is 0 Å². The highest BCUT2D eigenvalue weighted by Crippen LogP contribution is 2.39. The first-order chi connectivity index (χ1) is 24.1. The number of carbonyl (C=O) groups excluding carboxylic acids is 1. The lowest BCUT2D eigenvalue weighted by molar-refractivity contribution is -0.245. The summed E-state index contributed by atoms with van der Waals surface area (Å²) in [5.41, 5.74) is 6.54. The summed E-state index contributed by atoms with van der Waals surface area (Å²) in [6, 6.07) is 40.6. The van der Waals surface area contributed by atoms with E-state index in [1.54, 1.807) is 23.9 Å². The van der Waals surface area contributed by atoms with Crippen LogP contribution in [-0.2, 0) is 22.6 Å². The fourth-order valence-electron chi connectivity index (χ4n) is 5.58. The zero-order valence-electron chi connectivity index (χ0n) is 27.0. The summed E-state index contributed by atoms with van der Waals surface area (Å²) in [6.45, 7) is 0.503. The molecule has 1 aliphatic rings. The van der Waals surface area contributed by atoms with Gasteiger partial charge in [0.1, 0.15) is 11.5 Å². The third-order valence-corrected chi connectivity index (χ3v) is 9.22. The Hall–Kier alpha value is -4.64. The Morgan fingerprint density at radius 2 is 1.49 bits per heavy atom. The van der Waals surface area contributed by atoms with Crippen molar-refractivity contribution in [2.24, 2.45) is 0 Å². The van der Waals surface area contributed by atoms with E-state index in [-0.39, 0.29) is 31.5 Å². The van der Waals surface area contributed by atoms with Crippen molar-refractivity contribution < 1.29 is 29.2 Å². The first kappa shape index (κ1) is 34.2. The van der Waals surface area contributed by atoms with E-state index in [9.17, 15) is 15.0 Å². The number of hydrogen-bond donors (Lipinski definition) is 4. The number of ether oxygens (including phenoxy) is 3. The molecule has 1 fully saturated rings. The number of thioether (sulfide) groups is 1. The van der Waals surface area contributed by atoms with Crippen molar-refractivity contribution in [2.45, 2.75) is 38.1 Å². The molecule has 5 aromatic carbocycles. The summed E-state index contributed by atoms with van der Waals surface area (Å²) in [5, 5.41) is 24.5. The van der Waals surface area contributed by atoms with Gasteiger partial charge in [-0.15, -0.1) is 0 Å². The van der Waals surface area contributed by atoms with E-state index in [1.165, 1.54) is 0 Å². The van der Waals surface area contributed by atoms with Gasteiger partial charge >= 0.3 is 6.03 Å². The maximum atomic E-state index is 12.6. The second-order valence-corrected chi connectivity index (χ2v) is 12.9. The van der Waals surface area contributed by atoms with Gasteiger partial charge in [-0.25, -0.2) is 4.79 Å². The molecule has 6 rings (SSSR count). The highest BCUT2D eigenvalue weighted by molar-refractivity contribution is 7.99. The number of benzene rings is 5. The van der Waals surface area contributed by atoms with Crippen LogP contribution in [0.3, 0.4) is 0 Å². The lowest BCUT2D eigenvalue weighted by Gasteiger charge is -2.36.